The number of carbonyl (C=O) groups is 2. The Morgan fingerprint density at radius 2 is 2.08 bits per heavy atom. The molecule has 0 radical (unpaired) electrons. The number of nitrogens with zero attached hydrogens (tertiary/aromatic N) is 1. The van der Waals surface area contributed by atoms with Gasteiger partial charge in [-0.25, -0.2) is 0 Å². The van der Waals surface area contributed by atoms with Gasteiger partial charge in [0.2, 0.25) is 5.91 Å². The van der Waals surface area contributed by atoms with Gasteiger partial charge in [0.15, 0.2) is 0 Å². The summed E-state index contributed by atoms with van der Waals surface area (Å²) in [5.41, 5.74) is 0. The summed E-state index contributed by atoms with van der Waals surface area (Å²) in [4.78, 5) is 22.5. The Labute approximate surface area is 85.4 Å². The molecule has 0 unspecified atom stereocenters. The number of hydrogen-bond donors (Lipinski definition) is 0. The van der Waals surface area contributed by atoms with Crippen molar-refractivity contribution < 1.29 is 9.59 Å². The lowest BCUT2D eigenvalue weighted by molar-refractivity contribution is -0.125. The van der Waals surface area contributed by atoms with E-state index in [1.54, 1.807) is 0 Å². The Morgan fingerprint density at radius 3 is 2.42 bits per heavy atom. The Kier molecular flexibility index (Phi) is 6.61. The topological polar surface area (TPSA) is 37.4 Å². The minimum absolute atomic E-state index is 0.215. The summed E-state index contributed by atoms with van der Waals surface area (Å²) in [7, 11) is 0. The van der Waals surface area contributed by atoms with E-state index in [4.69, 9.17) is 23.2 Å². The zero-order chi connectivity index (χ0) is 9.56. The van der Waals surface area contributed by atoms with Gasteiger partial charge < -0.3 is 0 Å². The van der Waals surface area contributed by atoms with E-state index in [9.17, 15) is 9.59 Å². The van der Waals surface area contributed by atoms with Gasteiger partial charge >= 0.3 is 5.37 Å². The monoisotopic (exact) mass is 229 g/mol. The second-order valence-electron chi connectivity index (χ2n) is 1.92. The minimum atomic E-state index is -0.769. The quantitative estimate of drug-likeness (QED) is 0.419. The summed E-state index contributed by atoms with van der Waals surface area (Å²) in [6.45, 7) is 0.315. The molecule has 70 valence electrons. The van der Waals surface area contributed by atoms with E-state index in [0.29, 0.717) is 12.3 Å². The molecule has 0 aliphatic carbocycles. The highest BCUT2D eigenvalue weighted by molar-refractivity contribution is 7.98. The maximum atomic E-state index is 10.9. The summed E-state index contributed by atoms with van der Waals surface area (Å²) in [6, 6.07) is 0. The van der Waals surface area contributed by atoms with Crippen LogP contribution in [0.2, 0.25) is 0 Å². The van der Waals surface area contributed by atoms with Crippen molar-refractivity contribution in [1.82, 2.24) is 4.90 Å². The fourth-order valence-electron chi connectivity index (χ4n) is 0.565. The van der Waals surface area contributed by atoms with E-state index in [0.717, 1.165) is 4.90 Å². The molecule has 0 N–H and O–H groups in total. The predicted molar refractivity (Wildman–Crippen MR) is 52.1 cm³/mol. The molecule has 0 atom stereocenters. The van der Waals surface area contributed by atoms with Crippen molar-refractivity contribution in [3.8, 4) is 0 Å². The second-order valence-corrected chi connectivity index (χ2v) is 3.50. The normalized spacial score (nSPS) is 9.58. The molecular weight excluding hydrogens is 221 g/mol. The third-order valence-corrected chi connectivity index (χ3v) is 2.17. The Morgan fingerprint density at radius 1 is 1.50 bits per heavy atom. The highest BCUT2D eigenvalue weighted by Crippen LogP contribution is 2.02. The van der Waals surface area contributed by atoms with E-state index in [2.05, 4.69) is 0 Å². The van der Waals surface area contributed by atoms with E-state index < -0.39 is 11.3 Å². The van der Waals surface area contributed by atoms with Crippen LogP contribution in [0.25, 0.3) is 0 Å². The van der Waals surface area contributed by atoms with Crippen molar-refractivity contribution in [2.45, 2.75) is 0 Å². The van der Waals surface area contributed by atoms with Gasteiger partial charge in [0.05, 0.1) is 0 Å². The molecule has 3 nitrogen and oxygen atoms in total. The Bertz CT molecular complexity index is 177. The SMILES string of the molecule is CSCCN(C(=O)Cl)C(=O)CCl. The Balaban J connectivity index is 4.04. The molecule has 0 heterocycles. The van der Waals surface area contributed by atoms with Crippen LogP contribution in [0.3, 0.4) is 0 Å². The van der Waals surface area contributed by atoms with Crippen LogP contribution in [0.4, 0.5) is 4.79 Å². The van der Waals surface area contributed by atoms with Crippen LogP contribution >= 0.6 is 35.0 Å². The van der Waals surface area contributed by atoms with Gasteiger partial charge in [0.1, 0.15) is 5.88 Å². The maximum absolute atomic E-state index is 10.9. The van der Waals surface area contributed by atoms with Crippen molar-refractivity contribution in [1.29, 1.82) is 0 Å². The van der Waals surface area contributed by atoms with Gasteiger partial charge in [-0.1, -0.05) is 0 Å². The lowest BCUT2D eigenvalue weighted by Crippen LogP contribution is -2.35. The lowest BCUT2D eigenvalue weighted by Gasteiger charge is -2.15. The first-order valence-corrected chi connectivity index (χ1v) is 5.48. The number of hydrogen-bond acceptors (Lipinski definition) is 3. The maximum Gasteiger partial charge on any atom is 0.323 e. The third-order valence-electron chi connectivity index (χ3n) is 1.15. The summed E-state index contributed by atoms with van der Waals surface area (Å²) >= 11 is 11.9. The number of carbonyl (C=O) groups excluding carboxylic acids is 2. The van der Waals surface area contributed by atoms with Crippen molar-refractivity contribution in [3.63, 3.8) is 0 Å². The summed E-state index contributed by atoms with van der Waals surface area (Å²) in [6.07, 6.45) is 1.88. The molecule has 0 aromatic heterocycles. The van der Waals surface area contributed by atoms with E-state index in [-0.39, 0.29) is 5.88 Å². The summed E-state index contributed by atoms with van der Waals surface area (Å²) in [5.74, 6) is -0.000729. The minimum Gasteiger partial charge on any atom is -0.273 e. The summed E-state index contributed by atoms with van der Waals surface area (Å²) in [5, 5.41) is -0.769. The van der Waals surface area contributed by atoms with Gasteiger partial charge in [-0.15, -0.1) is 11.6 Å². The van der Waals surface area contributed by atoms with Crippen LogP contribution in [0.1, 0.15) is 0 Å². The Hall–Kier alpha value is 0.0700. The van der Waals surface area contributed by atoms with Crippen LogP contribution in [0.15, 0.2) is 0 Å². The van der Waals surface area contributed by atoms with Crippen LogP contribution in [0, 0.1) is 0 Å². The van der Waals surface area contributed by atoms with Crippen LogP contribution in [-0.2, 0) is 4.79 Å². The molecule has 0 saturated carbocycles. The van der Waals surface area contributed by atoms with Gasteiger partial charge in [0, 0.05) is 12.3 Å². The van der Waals surface area contributed by atoms with Crippen molar-refractivity contribution in [2.75, 3.05) is 24.4 Å². The van der Waals surface area contributed by atoms with E-state index in [1.807, 2.05) is 6.26 Å². The predicted octanol–water partition coefficient (Wildman–Crippen LogP) is 1.78. The van der Waals surface area contributed by atoms with Crippen LogP contribution < -0.4 is 0 Å². The molecule has 0 fully saturated rings. The number of amides is 2. The largest absolute Gasteiger partial charge is 0.323 e. The zero-order valence-corrected chi connectivity index (χ0v) is 8.88. The smallest absolute Gasteiger partial charge is 0.273 e. The molecule has 0 aliphatic rings. The number of thioether (sulfide) groups is 1. The molecule has 0 saturated heterocycles. The van der Waals surface area contributed by atoms with Crippen molar-refractivity contribution in [3.05, 3.63) is 0 Å². The van der Waals surface area contributed by atoms with Gasteiger partial charge in [-0.3, -0.25) is 14.5 Å². The number of alkyl halides is 1. The standard InChI is InChI=1S/C6H9Cl2NO2S/c1-12-3-2-9(6(8)11)5(10)4-7/h2-4H2,1H3. The van der Waals surface area contributed by atoms with Crippen molar-refractivity contribution in [2.24, 2.45) is 0 Å². The van der Waals surface area contributed by atoms with Gasteiger partial charge in [-0.05, 0) is 17.9 Å². The number of imide groups is 1. The highest BCUT2D eigenvalue weighted by atomic mass is 35.5. The number of rotatable bonds is 4. The fraction of sp³-hybridized carbons (Fsp3) is 0.667. The number of halogens is 2. The first kappa shape index (κ1) is 12.1. The van der Waals surface area contributed by atoms with Gasteiger partial charge in [-0.2, -0.15) is 11.8 Å². The van der Waals surface area contributed by atoms with E-state index >= 15 is 0 Å². The molecule has 0 aromatic carbocycles. The van der Waals surface area contributed by atoms with Gasteiger partial charge in [0.25, 0.3) is 0 Å². The molecule has 12 heavy (non-hydrogen) atoms. The zero-order valence-electron chi connectivity index (χ0n) is 6.55. The third kappa shape index (κ3) is 4.18. The molecular formula is C6H9Cl2NO2S. The fourth-order valence-corrected chi connectivity index (χ4v) is 1.25. The molecule has 6 heteroatoms. The molecule has 0 aromatic rings. The second kappa shape index (κ2) is 6.57. The van der Waals surface area contributed by atoms with Crippen LogP contribution in [-0.4, -0.2) is 40.6 Å². The first-order valence-electron chi connectivity index (χ1n) is 3.18. The van der Waals surface area contributed by atoms with Crippen LogP contribution in [0.5, 0.6) is 0 Å². The first-order chi connectivity index (χ1) is 5.63. The molecule has 0 bridgehead atoms. The average Bonchev–Trinajstić information content (AvgIpc) is 2.04. The molecule has 0 aliphatic heterocycles. The lowest BCUT2D eigenvalue weighted by atomic mass is 10.5. The molecule has 0 rings (SSSR count). The van der Waals surface area contributed by atoms with Crippen molar-refractivity contribution >= 4 is 46.2 Å². The highest BCUT2D eigenvalue weighted by Gasteiger charge is 2.17. The van der Waals surface area contributed by atoms with E-state index in [1.165, 1.54) is 11.8 Å². The summed E-state index contributed by atoms with van der Waals surface area (Å²) < 4.78 is 0. The molecule has 2 amide bonds. The average molecular weight is 230 g/mol. The molecule has 0 spiro atoms.